The van der Waals surface area contributed by atoms with E-state index in [0.717, 1.165) is 65.5 Å². The molecule has 0 radical (unpaired) electrons. The molecule has 1 saturated heterocycles. The maximum atomic E-state index is 9.75. The Hall–Kier alpha value is -3.56. The van der Waals surface area contributed by atoms with Crippen LogP contribution in [-0.2, 0) is 16.9 Å². The maximum Gasteiger partial charge on any atom is 0.225 e. The fraction of sp³-hybridized carbons (Fsp3) is 0.360. The molecule has 1 aromatic carbocycles. The molecule has 9 nitrogen and oxygen atoms in total. The minimum absolute atomic E-state index is 0.223. The average Bonchev–Trinajstić information content (AvgIpc) is 3.44. The van der Waals surface area contributed by atoms with Gasteiger partial charge in [-0.15, -0.1) is 0 Å². The summed E-state index contributed by atoms with van der Waals surface area (Å²) in [6, 6.07) is 12.1. The van der Waals surface area contributed by atoms with E-state index in [1.54, 1.807) is 0 Å². The van der Waals surface area contributed by atoms with Crippen molar-refractivity contribution in [3.8, 4) is 17.0 Å². The van der Waals surface area contributed by atoms with Crippen LogP contribution >= 0.6 is 0 Å². The molecule has 3 aliphatic rings. The second-order valence-electron chi connectivity index (χ2n) is 9.20. The van der Waals surface area contributed by atoms with Gasteiger partial charge in [0.25, 0.3) is 0 Å². The van der Waals surface area contributed by atoms with Crippen molar-refractivity contribution in [1.82, 2.24) is 24.5 Å². The van der Waals surface area contributed by atoms with E-state index in [1.165, 1.54) is 0 Å². The van der Waals surface area contributed by atoms with Gasteiger partial charge >= 0.3 is 0 Å². The molecule has 9 heteroatoms. The predicted molar refractivity (Wildman–Crippen MR) is 125 cm³/mol. The third-order valence-electron chi connectivity index (χ3n) is 7.11. The Balaban J connectivity index is 1.29. The van der Waals surface area contributed by atoms with Crippen molar-refractivity contribution in [3.05, 3.63) is 60.2 Å². The van der Waals surface area contributed by atoms with E-state index in [9.17, 15) is 5.11 Å². The highest BCUT2D eigenvalue weighted by molar-refractivity contribution is 5.77. The molecular formula is C25H24N6O3. The van der Waals surface area contributed by atoms with Crippen LogP contribution in [0, 0.1) is 0 Å². The molecule has 1 fully saturated rings. The van der Waals surface area contributed by atoms with Crippen LogP contribution in [0.1, 0.15) is 24.2 Å². The smallest absolute Gasteiger partial charge is 0.225 e. The third-order valence-corrected chi connectivity index (χ3v) is 7.11. The largest absolute Gasteiger partial charge is 0.490 e. The minimum Gasteiger partial charge on any atom is -0.490 e. The number of aliphatic hydroxyl groups excluding tert-OH is 1. The second-order valence-corrected chi connectivity index (χ2v) is 9.20. The highest BCUT2D eigenvalue weighted by Gasteiger charge is 2.47. The number of nitrogens with zero attached hydrogens (tertiary/aromatic N) is 6. The molecule has 6 heterocycles. The Labute approximate surface area is 196 Å². The SMILES string of the molecule is OC1CCN(c2ncc(-c3ccc4nc5n(c4n3)C3(COC5)COc4ccccc43)cn2)CC1. The Morgan fingerprint density at radius 2 is 1.79 bits per heavy atom. The van der Waals surface area contributed by atoms with E-state index in [-0.39, 0.29) is 6.10 Å². The predicted octanol–water partition coefficient (Wildman–Crippen LogP) is 2.52. The van der Waals surface area contributed by atoms with Gasteiger partial charge in [0.15, 0.2) is 5.65 Å². The van der Waals surface area contributed by atoms with Gasteiger partial charge in [0, 0.05) is 36.6 Å². The number of aliphatic hydroxyl groups is 1. The van der Waals surface area contributed by atoms with Crippen LogP contribution in [0.2, 0.25) is 0 Å². The molecule has 0 amide bonds. The number of para-hydroxylation sites is 1. The monoisotopic (exact) mass is 456 g/mol. The van der Waals surface area contributed by atoms with E-state index < -0.39 is 5.54 Å². The second kappa shape index (κ2) is 7.48. The summed E-state index contributed by atoms with van der Waals surface area (Å²) in [6.45, 7) is 2.97. The van der Waals surface area contributed by atoms with Crippen molar-refractivity contribution in [2.45, 2.75) is 31.1 Å². The van der Waals surface area contributed by atoms with Crippen molar-refractivity contribution >= 4 is 17.1 Å². The summed E-state index contributed by atoms with van der Waals surface area (Å²) in [5.74, 6) is 2.42. The number of ether oxygens (including phenoxy) is 2. The molecule has 7 rings (SSSR count). The molecule has 0 saturated carbocycles. The highest BCUT2D eigenvalue weighted by atomic mass is 16.5. The van der Waals surface area contributed by atoms with E-state index in [0.29, 0.717) is 25.8 Å². The number of pyridine rings is 1. The molecule has 3 aromatic heterocycles. The van der Waals surface area contributed by atoms with Crippen LogP contribution in [0.4, 0.5) is 5.95 Å². The molecule has 4 aromatic rings. The molecule has 1 unspecified atom stereocenters. The first-order valence-electron chi connectivity index (χ1n) is 11.7. The molecule has 34 heavy (non-hydrogen) atoms. The van der Waals surface area contributed by atoms with Crippen LogP contribution in [0.5, 0.6) is 5.75 Å². The molecule has 1 atom stereocenters. The standard InChI is InChI=1S/C25H24N6O3/c32-17-7-9-30(10-8-17)24-26-11-16(12-27-24)19-5-6-20-23(29-19)31-22(28-20)13-33-14-25(31)15-34-21-4-2-1-3-18(21)25/h1-6,11-12,17,32H,7-10,13-15H2. The molecule has 1 N–H and O–H groups in total. The summed E-state index contributed by atoms with van der Waals surface area (Å²) in [5.41, 5.74) is 3.90. The van der Waals surface area contributed by atoms with Crippen LogP contribution in [0.25, 0.3) is 22.4 Å². The van der Waals surface area contributed by atoms with Gasteiger partial charge < -0.3 is 19.5 Å². The van der Waals surface area contributed by atoms with Crippen molar-refractivity contribution < 1.29 is 14.6 Å². The summed E-state index contributed by atoms with van der Waals surface area (Å²) in [6.07, 6.45) is 4.91. The van der Waals surface area contributed by atoms with Crippen molar-refractivity contribution in [1.29, 1.82) is 0 Å². The van der Waals surface area contributed by atoms with Gasteiger partial charge in [-0.2, -0.15) is 0 Å². The first-order valence-corrected chi connectivity index (χ1v) is 11.7. The van der Waals surface area contributed by atoms with Crippen LogP contribution < -0.4 is 9.64 Å². The molecule has 0 bridgehead atoms. The van der Waals surface area contributed by atoms with Crippen molar-refractivity contribution in [2.75, 3.05) is 31.2 Å². The quantitative estimate of drug-likeness (QED) is 0.491. The summed E-state index contributed by atoms with van der Waals surface area (Å²) in [5, 5.41) is 9.75. The lowest BCUT2D eigenvalue weighted by Gasteiger charge is -2.34. The number of aromatic nitrogens is 5. The number of benzene rings is 1. The summed E-state index contributed by atoms with van der Waals surface area (Å²) in [4.78, 5) is 21.1. The normalized spacial score (nSPS) is 22.1. The first-order chi connectivity index (χ1) is 16.7. The first kappa shape index (κ1) is 19.9. The highest BCUT2D eigenvalue weighted by Crippen LogP contribution is 2.44. The number of hydrogen-bond acceptors (Lipinski definition) is 8. The van der Waals surface area contributed by atoms with Gasteiger partial charge in [-0.3, -0.25) is 4.57 Å². The minimum atomic E-state index is -0.482. The fourth-order valence-electron chi connectivity index (χ4n) is 5.33. The van der Waals surface area contributed by atoms with Gasteiger partial charge in [-0.05, 0) is 31.0 Å². The van der Waals surface area contributed by atoms with Crippen molar-refractivity contribution in [3.63, 3.8) is 0 Å². The number of piperidine rings is 1. The number of imidazole rings is 1. The van der Waals surface area contributed by atoms with E-state index in [2.05, 4.69) is 25.5 Å². The topological polar surface area (TPSA) is 98.4 Å². The summed E-state index contributed by atoms with van der Waals surface area (Å²) >= 11 is 0. The zero-order chi connectivity index (χ0) is 22.7. The van der Waals surface area contributed by atoms with Crippen LogP contribution in [0.15, 0.2) is 48.8 Å². The zero-order valence-corrected chi connectivity index (χ0v) is 18.6. The molecule has 0 aliphatic carbocycles. The third kappa shape index (κ3) is 2.93. The van der Waals surface area contributed by atoms with Crippen LogP contribution in [-0.4, -0.2) is 62.0 Å². The number of hydrogen-bond donors (Lipinski definition) is 1. The van der Waals surface area contributed by atoms with E-state index >= 15 is 0 Å². The summed E-state index contributed by atoms with van der Waals surface area (Å²) < 4.78 is 14.2. The Morgan fingerprint density at radius 3 is 2.65 bits per heavy atom. The number of anilines is 1. The van der Waals surface area contributed by atoms with Gasteiger partial charge in [0.05, 0.1) is 18.4 Å². The molecule has 172 valence electrons. The fourth-order valence-corrected chi connectivity index (χ4v) is 5.33. The maximum absolute atomic E-state index is 9.75. The lowest BCUT2D eigenvalue weighted by Crippen LogP contribution is -2.45. The van der Waals surface area contributed by atoms with Gasteiger partial charge in [0.2, 0.25) is 5.95 Å². The van der Waals surface area contributed by atoms with Gasteiger partial charge in [-0.1, -0.05) is 18.2 Å². The van der Waals surface area contributed by atoms with Gasteiger partial charge in [0.1, 0.15) is 35.8 Å². The number of fused-ring (bicyclic) bond motifs is 6. The lowest BCUT2D eigenvalue weighted by molar-refractivity contribution is 0.0134. The zero-order valence-electron chi connectivity index (χ0n) is 18.6. The molecule has 1 spiro atoms. The van der Waals surface area contributed by atoms with Gasteiger partial charge in [-0.25, -0.2) is 19.9 Å². The average molecular weight is 457 g/mol. The van der Waals surface area contributed by atoms with E-state index in [1.807, 2.05) is 42.7 Å². The Bertz CT molecular complexity index is 1380. The lowest BCUT2D eigenvalue weighted by atomic mass is 9.91. The summed E-state index contributed by atoms with van der Waals surface area (Å²) in [7, 11) is 0. The number of rotatable bonds is 2. The van der Waals surface area contributed by atoms with Crippen molar-refractivity contribution in [2.24, 2.45) is 0 Å². The Kier molecular flexibility index (Phi) is 4.37. The van der Waals surface area contributed by atoms with E-state index in [4.69, 9.17) is 19.4 Å². The molecular weight excluding hydrogens is 432 g/mol. The van der Waals surface area contributed by atoms with Crippen LogP contribution in [0.3, 0.4) is 0 Å². The Morgan fingerprint density at radius 1 is 0.971 bits per heavy atom. The molecule has 3 aliphatic heterocycles.